The molecule has 0 unspecified atom stereocenters. The highest BCUT2D eigenvalue weighted by Gasteiger charge is 2.34. The maximum Gasteiger partial charge on any atom is 0.264 e. The highest BCUT2D eigenvalue weighted by molar-refractivity contribution is 7.92. The van der Waals surface area contributed by atoms with Crippen LogP contribution in [0.2, 0.25) is 10.0 Å². The van der Waals surface area contributed by atoms with Gasteiger partial charge in [0.1, 0.15) is 12.6 Å². The highest BCUT2D eigenvalue weighted by atomic mass is 35.5. The van der Waals surface area contributed by atoms with Crippen LogP contribution in [0.3, 0.4) is 0 Å². The minimum Gasteiger partial charge on any atom is -0.354 e. The van der Waals surface area contributed by atoms with Gasteiger partial charge in [-0.2, -0.15) is 0 Å². The van der Waals surface area contributed by atoms with Gasteiger partial charge in [0, 0.05) is 28.7 Å². The van der Waals surface area contributed by atoms with Crippen molar-refractivity contribution in [3.8, 4) is 0 Å². The number of nitrogens with zero attached hydrogens (tertiary/aromatic N) is 2. The van der Waals surface area contributed by atoms with Crippen LogP contribution in [0, 0.1) is 26.7 Å². The Labute approximate surface area is 259 Å². The van der Waals surface area contributed by atoms with Crippen LogP contribution in [0.15, 0.2) is 65.6 Å². The standard InChI is InChI=1S/C32H39Cl2N3O4S/c1-7-30(32(39)35-18-21(2)3)36(19-27-28(33)9-8-10-29(27)34)31(38)20-37(25-14-13-23(5)24(6)17-25)42(40,41)26-15-11-22(4)12-16-26/h8-17,21,30H,7,18-20H2,1-6H3,(H,35,39)/t30-/m1/s1. The van der Waals surface area contributed by atoms with Gasteiger partial charge in [-0.3, -0.25) is 13.9 Å². The fourth-order valence-corrected chi connectivity index (χ4v) is 6.37. The van der Waals surface area contributed by atoms with E-state index < -0.39 is 28.5 Å². The van der Waals surface area contributed by atoms with E-state index in [9.17, 15) is 18.0 Å². The number of carbonyl (C=O) groups is 2. The largest absolute Gasteiger partial charge is 0.354 e. The third kappa shape index (κ3) is 8.06. The Bertz CT molecular complexity index is 1500. The predicted molar refractivity (Wildman–Crippen MR) is 171 cm³/mol. The molecule has 0 aliphatic carbocycles. The molecule has 0 saturated heterocycles. The normalized spacial score (nSPS) is 12.2. The molecule has 0 aliphatic rings. The van der Waals surface area contributed by atoms with E-state index in [1.807, 2.05) is 40.7 Å². The number of hydrogen-bond donors (Lipinski definition) is 1. The molecule has 0 radical (unpaired) electrons. The summed E-state index contributed by atoms with van der Waals surface area (Å²) in [6.07, 6.45) is 0.298. The van der Waals surface area contributed by atoms with Gasteiger partial charge in [0.25, 0.3) is 10.0 Å². The Hall–Kier alpha value is -3.07. The zero-order valence-corrected chi connectivity index (χ0v) is 27.3. The van der Waals surface area contributed by atoms with Gasteiger partial charge in [0.05, 0.1) is 10.6 Å². The van der Waals surface area contributed by atoms with Crippen LogP contribution in [-0.4, -0.2) is 44.3 Å². The lowest BCUT2D eigenvalue weighted by atomic mass is 10.1. The number of hydrogen-bond acceptors (Lipinski definition) is 4. The number of anilines is 1. The summed E-state index contributed by atoms with van der Waals surface area (Å²) in [4.78, 5) is 29.0. The molecule has 3 aromatic rings. The average molecular weight is 633 g/mol. The molecular weight excluding hydrogens is 593 g/mol. The summed E-state index contributed by atoms with van der Waals surface area (Å²) in [5.74, 6) is -0.693. The molecule has 1 N–H and O–H groups in total. The summed E-state index contributed by atoms with van der Waals surface area (Å²) in [5, 5.41) is 3.60. The molecule has 0 spiro atoms. The van der Waals surface area contributed by atoms with Gasteiger partial charge >= 0.3 is 0 Å². The number of carbonyl (C=O) groups excluding carboxylic acids is 2. The van der Waals surface area contributed by atoms with Crippen molar-refractivity contribution in [1.82, 2.24) is 10.2 Å². The molecule has 1 atom stereocenters. The van der Waals surface area contributed by atoms with Crippen molar-refractivity contribution >= 4 is 50.7 Å². The lowest BCUT2D eigenvalue weighted by molar-refractivity contribution is -0.140. The number of aryl methyl sites for hydroxylation is 3. The Balaban J connectivity index is 2.11. The molecule has 2 amide bonds. The fraction of sp³-hybridized carbons (Fsp3) is 0.375. The summed E-state index contributed by atoms with van der Waals surface area (Å²) in [6.45, 7) is 11.3. The minimum atomic E-state index is -4.16. The summed E-state index contributed by atoms with van der Waals surface area (Å²) in [6, 6.07) is 15.9. The van der Waals surface area contributed by atoms with Crippen LogP contribution in [0.25, 0.3) is 0 Å². The Kier molecular flexibility index (Phi) is 11.5. The second-order valence-corrected chi connectivity index (χ2v) is 13.6. The molecular formula is C32H39Cl2N3O4S. The second-order valence-electron chi connectivity index (χ2n) is 10.9. The number of sulfonamides is 1. The van der Waals surface area contributed by atoms with E-state index in [0.717, 1.165) is 21.0 Å². The first-order chi connectivity index (χ1) is 19.8. The van der Waals surface area contributed by atoms with Crippen molar-refractivity contribution in [2.24, 2.45) is 5.92 Å². The van der Waals surface area contributed by atoms with Crippen molar-refractivity contribution in [1.29, 1.82) is 0 Å². The monoisotopic (exact) mass is 631 g/mol. The van der Waals surface area contributed by atoms with Crippen molar-refractivity contribution in [2.45, 2.75) is 65.4 Å². The number of nitrogens with one attached hydrogen (secondary N) is 1. The van der Waals surface area contributed by atoms with Crippen LogP contribution in [0.5, 0.6) is 0 Å². The number of halogens is 2. The zero-order valence-electron chi connectivity index (χ0n) is 24.9. The van der Waals surface area contributed by atoms with Gasteiger partial charge in [-0.1, -0.05) is 73.8 Å². The number of benzene rings is 3. The van der Waals surface area contributed by atoms with Crippen molar-refractivity contribution < 1.29 is 18.0 Å². The molecule has 0 bridgehead atoms. The molecule has 3 aromatic carbocycles. The van der Waals surface area contributed by atoms with Gasteiger partial charge in [-0.15, -0.1) is 0 Å². The van der Waals surface area contributed by atoms with E-state index in [1.165, 1.54) is 17.0 Å². The number of amides is 2. The average Bonchev–Trinajstić information content (AvgIpc) is 2.93. The van der Waals surface area contributed by atoms with Crippen LogP contribution in [0.1, 0.15) is 49.4 Å². The lowest BCUT2D eigenvalue weighted by Crippen LogP contribution is -2.52. The first-order valence-electron chi connectivity index (χ1n) is 13.9. The van der Waals surface area contributed by atoms with Gasteiger partial charge in [-0.25, -0.2) is 8.42 Å². The van der Waals surface area contributed by atoms with E-state index in [-0.39, 0.29) is 23.3 Å². The van der Waals surface area contributed by atoms with Gasteiger partial charge in [0.2, 0.25) is 11.8 Å². The first-order valence-corrected chi connectivity index (χ1v) is 16.1. The van der Waals surface area contributed by atoms with Crippen LogP contribution < -0.4 is 9.62 Å². The number of rotatable bonds is 12. The van der Waals surface area contributed by atoms with Crippen LogP contribution in [-0.2, 0) is 26.2 Å². The van der Waals surface area contributed by atoms with Crippen molar-refractivity contribution in [2.75, 3.05) is 17.4 Å². The van der Waals surface area contributed by atoms with Gasteiger partial charge in [0.15, 0.2) is 0 Å². The SMILES string of the molecule is CC[C@H](C(=O)NCC(C)C)N(Cc1c(Cl)cccc1Cl)C(=O)CN(c1ccc(C)c(C)c1)S(=O)(=O)c1ccc(C)cc1. The topological polar surface area (TPSA) is 86.8 Å². The zero-order chi connectivity index (χ0) is 31.2. The molecule has 10 heteroatoms. The second kappa shape index (κ2) is 14.4. The molecule has 0 aromatic heterocycles. The van der Waals surface area contributed by atoms with Gasteiger partial charge in [-0.05, 0) is 80.6 Å². The van der Waals surface area contributed by atoms with Crippen LogP contribution >= 0.6 is 23.2 Å². The fourth-order valence-electron chi connectivity index (χ4n) is 4.44. The van der Waals surface area contributed by atoms with E-state index in [1.54, 1.807) is 49.4 Å². The quantitative estimate of drug-likeness (QED) is 0.241. The molecule has 0 fully saturated rings. The molecule has 42 heavy (non-hydrogen) atoms. The van der Waals surface area contributed by atoms with E-state index >= 15 is 0 Å². The third-order valence-corrected chi connectivity index (χ3v) is 9.62. The van der Waals surface area contributed by atoms with Crippen molar-refractivity contribution in [3.63, 3.8) is 0 Å². The van der Waals surface area contributed by atoms with E-state index in [4.69, 9.17) is 23.2 Å². The third-order valence-electron chi connectivity index (χ3n) is 7.13. The summed E-state index contributed by atoms with van der Waals surface area (Å²) in [7, 11) is -4.16. The van der Waals surface area contributed by atoms with Crippen LogP contribution in [0.4, 0.5) is 5.69 Å². The Morgan fingerprint density at radius 1 is 0.905 bits per heavy atom. The Morgan fingerprint density at radius 3 is 2.07 bits per heavy atom. The minimum absolute atomic E-state index is 0.0570. The lowest BCUT2D eigenvalue weighted by Gasteiger charge is -2.33. The molecule has 226 valence electrons. The van der Waals surface area contributed by atoms with E-state index in [2.05, 4.69) is 5.32 Å². The maximum atomic E-state index is 14.2. The Morgan fingerprint density at radius 2 is 1.52 bits per heavy atom. The van der Waals surface area contributed by atoms with E-state index in [0.29, 0.717) is 34.3 Å². The molecule has 7 nitrogen and oxygen atoms in total. The summed E-state index contributed by atoms with van der Waals surface area (Å²) >= 11 is 13.0. The molecule has 0 heterocycles. The summed E-state index contributed by atoms with van der Waals surface area (Å²) in [5.41, 5.74) is 3.59. The van der Waals surface area contributed by atoms with Crippen molar-refractivity contribution in [3.05, 3.63) is 93.0 Å². The molecule has 0 aliphatic heterocycles. The van der Waals surface area contributed by atoms with Gasteiger partial charge < -0.3 is 10.2 Å². The maximum absolute atomic E-state index is 14.2. The molecule has 0 saturated carbocycles. The first kappa shape index (κ1) is 33.4. The molecule has 3 rings (SSSR count). The smallest absolute Gasteiger partial charge is 0.264 e. The highest BCUT2D eigenvalue weighted by Crippen LogP contribution is 2.29. The predicted octanol–water partition coefficient (Wildman–Crippen LogP) is 6.69. The summed E-state index contributed by atoms with van der Waals surface area (Å²) < 4.78 is 29.2.